The zero-order valence-corrected chi connectivity index (χ0v) is 18.3. The van der Waals surface area contributed by atoms with Crippen molar-refractivity contribution in [2.75, 3.05) is 18.0 Å². The third-order valence-corrected chi connectivity index (χ3v) is 8.17. The highest BCUT2D eigenvalue weighted by atomic mass is 32.2. The Bertz CT molecular complexity index is 1280. The first-order valence-electron chi connectivity index (χ1n) is 10.3. The van der Waals surface area contributed by atoms with Crippen LogP contribution in [0.3, 0.4) is 0 Å². The molecule has 0 radical (unpaired) electrons. The Balaban J connectivity index is 1.39. The maximum atomic E-state index is 14.1. The SMILES string of the molecule is Cc1cc(CN2C(=O)CC3(CCN(S(=O)(=O)c4ccccc4F)CC3)n3nccc32)no1. The molecular weight excluding hydrogens is 437 g/mol. The quantitative estimate of drug-likeness (QED) is 0.594. The van der Waals surface area contributed by atoms with E-state index < -0.39 is 21.4 Å². The normalized spacial score (nSPS) is 18.8. The van der Waals surface area contributed by atoms with Crippen molar-refractivity contribution in [1.82, 2.24) is 19.2 Å². The highest BCUT2D eigenvalue weighted by Crippen LogP contribution is 2.42. The van der Waals surface area contributed by atoms with E-state index >= 15 is 0 Å². The van der Waals surface area contributed by atoms with E-state index in [0.29, 0.717) is 30.1 Å². The Morgan fingerprint density at radius 2 is 1.94 bits per heavy atom. The summed E-state index contributed by atoms with van der Waals surface area (Å²) in [5, 5.41) is 8.45. The summed E-state index contributed by atoms with van der Waals surface area (Å²) in [7, 11) is -3.96. The molecule has 0 N–H and O–H groups in total. The molecule has 9 nitrogen and oxygen atoms in total. The van der Waals surface area contributed by atoms with Crippen molar-refractivity contribution in [3.8, 4) is 0 Å². The summed E-state index contributed by atoms with van der Waals surface area (Å²) in [4.78, 5) is 14.4. The Morgan fingerprint density at radius 3 is 2.62 bits per heavy atom. The molecule has 1 spiro atoms. The van der Waals surface area contributed by atoms with Gasteiger partial charge in [-0.3, -0.25) is 9.69 Å². The number of sulfonamides is 1. The molecule has 3 aromatic rings. The van der Waals surface area contributed by atoms with Gasteiger partial charge in [0.25, 0.3) is 0 Å². The van der Waals surface area contributed by atoms with Crippen molar-refractivity contribution in [3.63, 3.8) is 0 Å². The largest absolute Gasteiger partial charge is 0.361 e. The number of hydrogen-bond acceptors (Lipinski definition) is 6. The average molecular weight is 460 g/mol. The van der Waals surface area contributed by atoms with Crippen molar-refractivity contribution in [3.05, 3.63) is 59.9 Å². The first-order chi connectivity index (χ1) is 15.3. The number of benzene rings is 1. The lowest BCUT2D eigenvalue weighted by Crippen LogP contribution is -2.54. The molecule has 168 valence electrons. The van der Waals surface area contributed by atoms with Crippen molar-refractivity contribution in [2.24, 2.45) is 0 Å². The predicted molar refractivity (Wildman–Crippen MR) is 112 cm³/mol. The van der Waals surface area contributed by atoms with Crippen LogP contribution in [-0.4, -0.2) is 46.7 Å². The van der Waals surface area contributed by atoms with Crippen LogP contribution in [0.2, 0.25) is 0 Å². The maximum Gasteiger partial charge on any atom is 0.245 e. The number of fused-ring (bicyclic) bond motifs is 2. The molecule has 0 unspecified atom stereocenters. The molecule has 0 aliphatic carbocycles. The van der Waals surface area contributed by atoms with Gasteiger partial charge in [0.05, 0.1) is 24.7 Å². The van der Waals surface area contributed by atoms with E-state index in [2.05, 4.69) is 10.3 Å². The molecule has 2 aliphatic heterocycles. The predicted octanol–water partition coefficient (Wildman–Crippen LogP) is 2.44. The van der Waals surface area contributed by atoms with Gasteiger partial charge < -0.3 is 4.52 Å². The molecule has 2 aromatic heterocycles. The fourth-order valence-corrected chi connectivity index (χ4v) is 6.10. The lowest BCUT2D eigenvalue weighted by Gasteiger charge is -2.46. The minimum atomic E-state index is -3.96. The number of aryl methyl sites for hydroxylation is 1. The number of carbonyl (C=O) groups is 1. The third kappa shape index (κ3) is 3.32. The molecule has 0 atom stereocenters. The highest BCUT2D eigenvalue weighted by molar-refractivity contribution is 7.89. The average Bonchev–Trinajstić information content (AvgIpc) is 3.41. The monoisotopic (exact) mass is 459 g/mol. The number of carbonyl (C=O) groups excluding carboxylic acids is 1. The van der Waals surface area contributed by atoms with Gasteiger partial charge in [0, 0.05) is 25.2 Å². The van der Waals surface area contributed by atoms with Crippen LogP contribution in [0.5, 0.6) is 0 Å². The Morgan fingerprint density at radius 1 is 1.19 bits per heavy atom. The summed E-state index contributed by atoms with van der Waals surface area (Å²) in [6, 6.07) is 8.92. The van der Waals surface area contributed by atoms with E-state index in [4.69, 9.17) is 4.52 Å². The number of amides is 1. The number of hydrogen-bond donors (Lipinski definition) is 0. The van der Waals surface area contributed by atoms with Crippen LogP contribution in [0.4, 0.5) is 10.2 Å². The van der Waals surface area contributed by atoms with Crippen LogP contribution < -0.4 is 4.90 Å². The van der Waals surface area contributed by atoms with Crippen molar-refractivity contribution in [1.29, 1.82) is 0 Å². The van der Waals surface area contributed by atoms with Crippen LogP contribution in [0.25, 0.3) is 0 Å². The summed E-state index contributed by atoms with van der Waals surface area (Å²) in [5.41, 5.74) is 0.0262. The van der Waals surface area contributed by atoms with Crippen LogP contribution in [0.1, 0.15) is 30.7 Å². The van der Waals surface area contributed by atoms with E-state index in [-0.39, 0.29) is 36.9 Å². The summed E-state index contributed by atoms with van der Waals surface area (Å²) in [6.07, 6.45) is 2.64. The zero-order valence-electron chi connectivity index (χ0n) is 17.4. The Hall–Kier alpha value is -3.05. The summed E-state index contributed by atoms with van der Waals surface area (Å²) in [5.74, 6) is 0.461. The smallest absolute Gasteiger partial charge is 0.245 e. The molecule has 1 fully saturated rings. The first kappa shape index (κ1) is 20.8. The summed E-state index contributed by atoms with van der Waals surface area (Å²) < 4.78 is 48.3. The van der Waals surface area contributed by atoms with Gasteiger partial charge in [-0.2, -0.15) is 9.40 Å². The lowest BCUT2D eigenvalue weighted by atomic mass is 9.83. The van der Waals surface area contributed by atoms with Gasteiger partial charge in [-0.05, 0) is 31.9 Å². The van der Waals surface area contributed by atoms with E-state index in [1.807, 2.05) is 4.68 Å². The molecule has 32 heavy (non-hydrogen) atoms. The molecule has 1 aromatic carbocycles. The minimum Gasteiger partial charge on any atom is -0.361 e. The first-order valence-corrected chi connectivity index (χ1v) is 11.8. The highest BCUT2D eigenvalue weighted by Gasteiger charge is 2.47. The third-order valence-electron chi connectivity index (χ3n) is 6.23. The van der Waals surface area contributed by atoms with Crippen molar-refractivity contribution < 1.29 is 22.1 Å². The number of anilines is 1. The molecular formula is C21H22FN5O4S. The lowest BCUT2D eigenvalue weighted by molar-refractivity contribution is -0.122. The summed E-state index contributed by atoms with van der Waals surface area (Å²) in [6.45, 7) is 2.40. The molecule has 11 heteroatoms. The van der Waals surface area contributed by atoms with Gasteiger partial charge in [-0.25, -0.2) is 17.5 Å². The Labute approximate surface area is 184 Å². The van der Waals surface area contributed by atoms with Gasteiger partial charge in [0.2, 0.25) is 15.9 Å². The zero-order chi connectivity index (χ0) is 22.5. The van der Waals surface area contributed by atoms with E-state index in [0.717, 1.165) is 6.07 Å². The van der Waals surface area contributed by atoms with Gasteiger partial charge in [0.1, 0.15) is 28.0 Å². The molecule has 1 saturated heterocycles. The maximum absolute atomic E-state index is 14.1. The standard InChI is InChI=1S/C21H22FN5O4S/c1-15-12-16(24-31-15)14-26-19-6-9-23-27(19)21(13-20(26)28)7-10-25(11-8-21)32(29,30)18-5-3-2-4-17(18)22/h2-6,9,12H,7-8,10-11,13-14H2,1H3. The number of nitrogens with zero attached hydrogens (tertiary/aromatic N) is 5. The van der Waals surface area contributed by atoms with Crippen LogP contribution in [-0.2, 0) is 26.9 Å². The molecule has 4 heterocycles. The fraction of sp³-hybridized carbons (Fsp3) is 0.381. The number of rotatable bonds is 4. The second kappa shape index (κ2) is 7.52. The van der Waals surface area contributed by atoms with E-state index in [9.17, 15) is 17.6 Å². The van der Waals surface area contributed by atoms with Crippen molar-refractivity contribution in [2.45, 2.75) is 43.2 Å². The van der Waals surface area contributed by atoms with Crippen molar-refractivity contribution >= 4 is 21.7 Å². The number of aromatic nitrogens is 3. The second-order valence-electron chi connectivity index (χ2n) is 8.25. The van der Waals surface area contributed by atoms with Crippen LogP contribution >= 0.6 is 0 Å². The number of piperidine rings is 1. The summed E-state index contributed by atoms with van der Waals surface area (Å²) >= 11 is 0. The molecule has 2 aliphatic rings. The van der Waals surface area contributed by atoms with Gasteiger partial charge in [-0.1, -0.05) is 17.3 Å². The fourth-order valence-electron chi connectivity index (χ4n) is 4.59. The van der Waals surface area contributed by atoms with Gasteiger partial charge in [0.15, 0.2) is 0 Å². The topological polar surface area (TPSA) is 102 Å². The second-order valence-corrected chi connectivity index (χ2v) is 10.2. The van der Waals surface area contributed by atoms with E-state index in [1.54, 1.807) is 30.2 Å². The minimum absolute atomic E-state index is 0.0796. The molecule has 0 bridgehead atoms. The van der Waals surface area contributed by atoms with Crippen LogP contribution in [0, 0.1) is 12.7 Å². The van der Waals surface area contributed by atoms with Crippen LogP contribution in [0.15, 0.2) is 52.0 Å². The molecule has 5 rings (SSSR count). The van der Waals surface area contributed by atoms with E-state index in [1.165, 1.54) is 22.5 Å². The van der Waals surface area contributed by atoms with Gasteiger partial charge >= 0.3 is 0 Å². The molecule has 1 amide bonds. The molecule has 0 saturated carbocycles. The van der Waals surface area contributed by atoms with Gasteiger partial charge in [-0.15, -0.1) is 0 Å². The Kier molecular flexibility index (Phi) is 4.90. The number of halogens is 1.